The van der Waals surface area contributed by atoms with E-state index >= 15 is 0 Å². The number of rotatable bonds is 5. The monoisotopic (exact) mass is 508 g/mol. The maximum absolute atomic E-state index is 12.5. The van der Waals surface area contributed by atoms with Crippen molar-refractivity contribution in [3.63, 3.8) is 0 Å². The number of cyclic esters (lactones) is 1. The number of nitrogens with one attached hydrogen (secondary N) is 1. The molecule has 6 unspecified atom stereocenters. The molecule has 4 aliphatic carbocycles. The molecule has 6 rings (SSSR count). The van der Waals surface area contributed by atoms with Crippen molar-refractivity contribution >= 4 is 12.2 Å². The Kier molecular flexibility index (Phi) is 6.05. The second-order valence-corrected chi connectivity index (χ2v) is 12.6. The summed E-state index contributed by atoms with van der Waals surface area (Å²) in [6.45, 7) is 3.14. The minimum Gasteiger partial charge on any atom is -0.458 e. The number of hydrazone groups is 1. The van der Waals surface area contributed by atoms with Gasteiger partial charge in [-0.15, -0.1) is 0 Å². The lowest BCUT2D eigenvalue weighted by molar-refractivity contribution is -0.237. The van der Waals surface area contributed by atoms with Crippen molar-refractivity contribution in [1.82, 2.24) is 5.43 Å². The largest absolute Gasteiger partial charge is 0.458 e. The average Bonchev–Trinajstić information content (AvgIpc) is 3.42. The zero-order valence-electron chi connectivity index (χ0n) is 21.7. The maximum atomic E-state index is 12.5. The van der Waals surface area contributed by atoms with E-state index in [0.29, 0.717) is 45.3 Å². The Hall–Kier alpha value is -2.22. The normalized spacial score (nSPS) is 45.1. The number of benzene rings is 1. The molecular formula is C30H40N2O5. The highest BCUT2D eigenvalue weighted by Gasteiger charge is 2.71. The summed E-state index contributed by atoms with van der Waals surface area (Å²) in [6.07, 6.45) is 9.24. The number of esters is 1. The van der Waals surface area contributed by atoms with Gasteiger partial charge in [-0.05, 0) is 80.3 Å². The Morgan fingerprint density at radius 3 is 2.59 bits per heavy atom. The zero-order valence-corrected chi connectivity index (χ0v) is 21.7. The van der Waals surface area contributed by atoms with Crippen molar-refractivity contribution in [3.05, 3.63) is 47.5 Å². The first-order chi connectivity index (χ1) is 17.7. The SMILES string of the molecule is C[C@]12CCC3C(CCC4(O)CC(O)CC[C@]34/C=N/NCc3ccccc3)C1(O)CCC2C1=CC(=O)OC1. The fourth-order valence-electron chi connectivity index (χ4n) is 9.25. The first kappa shape index (κ1) is 25.1. The quantitative estimate of drug-likeness (QED) is 0.275. The lowest BCUT2D eigenvalue weighted by Crippen LogP contribution is -2.68. The van der Waals surface area contributed by atoms with E-state index in [0.717, 1.165) is 36.8 Å². The van der Waals surface area contributed by atoms with Crippen LogP contribution in [0.2, 0.25) is 0 Å². The van der Waals surface area contributed by atoms with Gasteiger partial charge in [-0.2, -0.15) is 5.10 Å². The van der Waals surface area contributed by atoms with Gasteiger partial charge < -0.3 is 25.5 Å². The summed E-state index contributed by atoms with van der Waals surface area (Å²) in [4.78, 5) is 11.8. The number of ether oxygens (including phenoxy) is 1. The third kappa shape index (κ3) is 3.72. The van der Waals surface area contributed by atoms with Gasteiger partial charge >= 0.3 is 5.97 Å². The zero-order chi connectivity index (χ0) is 25.9. The van der Waals surface area contributed by atoms with E-state index < -0.39 is 22.7 Å². The summed E-state index contributed by atoms with van der Waals surface area (Å²) in [5, 5.41) is 39.8. The lowest BCUT2D eigenvalue weighted by Gasteiger charge is -2.65. The van der Waals surface area contributed by atoms with Gasteiger partial charge in [-0.25, -0.2) is 4.79 Å². The molecule has 1 aliphatic heterocycles. The molecule has 0 spiro atoms. The molecule has 7 nitrogen and oxygen atoms in total. The third-order valence-corrected chi connectivity index (χ3v) is 11.2. The van der Waals surface area contributed by atoms with Crippen molar-refractivity contribution < 1.29 is 24.9 Å². The van der Waals surface area contributed by atoms with Crippen LogP contribution in [-0.2, 0) is 16.1 Å². The van der Waals surface area contributed by atoms with E-state index in [1.54, 1.807) is 6.08 Å². The summed E-state index contributed by atoms with van der Waals surface area (Å²) in [5.74, 6) is -0.0281. The maximum Gasteiger partial charge on any atom is 0.331 e. The molecule has 0 amide bonds. The van der Waals surface area contributed by atoms with Crippen LogP contribution in [0.5, 0.6) is 0 Å². The van der Waals surface area contributed by atoms with Gasteiger partial charge in [0.1, 0.15) is 6.61 Å². The fraction of sp³-hybridized carbons (Fsp3) is 0.667. The molecule has 200 valence electrons. The van der Waals surface area contributed by atoms with Gasteiger partial charge in [0.2, 0.25) is 0 Å². The van der Waals surface area contributed by atoms with Crippen molar-refractivity contribution in [1.29, 1.82) is 0 Å². The van der Waals surface area contributed by atoms with E-state index in [1.807, 2.05) is 24.4 Å². The molecule has 0 aromatic heterocycles. The van der Waals surface area contributed by atoms with Gasteiger partial charge in [-0.3, -0.25) is 0 Å². The predicted octanol–water partition coefficient (Wildman–Crippen LogP) is 3.47. The lowest BCUT2D eigenvalue weighted by atomic mass is 9.41. The van der Waals surface area contributed by atoms with E-state index in [-0.39, 0.29) is 29.1 Å². The van der Waals surface area contributed by atoms with Crippen LogP contribution >= 0.6 is 0 Å². The second kappa shape index (κ2) is 8.92. The number of aliphatic hydroxyl groups is 3. The summed E-state index contributed by atoms with van der Waals surface area (Å²) in [6, 6.07) is 10.1. The molecule has 4 saturated carbocycles. The number of hydrogen-bond donors (Lipinski definition) is 4. The smallest absolute Gasteiger partial charge is 0.331 e. The molecule has 1 heterocycles. The van der Waals surface area contributed by atoms with Crippen molar-refractivity contribution in [2.24, 2.45) is 33.7 Å². The van der Waals surface area contributed by atoms with Gasteiger partial charge in [-0.1, -0.05) is 37.3 Å². The Labute approximate surface area is 219 Å². The Morgan fingerprint density at radius 2 is 1.84 bits per heavy atom. The molecule has 1 aromatic carbocycles. The Morgan fingerprint density at radius 1 is 1.05 bits per heavy atom. The molecule has 4 fully saturated rings. The topological polar surface area (TPSA) is 111 Å². The predicted molar refractivity (Wildman–Crippen MR) is 139 cm³/mol. The minimum atomic E-state index is -1.04. The molecule has 4 N–H and O–H groups in total. The number of carbonyl (C=O) groups excluding carboxylic acids is 1. The first-order valence-corrected chi connectivity index (χ1v) is 14.0. The van der Waals surface area contributed by atoms with Crippen LogP contribution in [0, 0.1) is 28.6 Å². The van der Waals surface area contributed by atoms with Crippen LogP contribution in [0.25, 0.3) is 0 Å². The van der Waals surface area contributed by atoms with Crippen LogP contribution in [0.4, 0.5) is 0 Å². The molecule has 0 bridgehead atoms. The van der Waals surface area contributed by atoms with Gasteiger partial charge in [0, 0.05) is 29.5 Å². The second-order valence-electron chi connectivity index (χ2n) is 12.6. The molecular weight excluding hydrogens is 468 g/mol. The highest BCUT2D eigenvalue weighted by atomic mass is 16.5. The number of aliphatic hydroxyl groups excluding tert-OH is 1. The Balaban J connectivity index is 1.31. The third-order valence-electron chi connectivity index (χ3n) is 11.2. The van der Waals surface area contributed by atoms with E-state index in [4.69, 9.17) is 4.74 Å². The average molecular weight is 509 g/mol. The summed E-state index contributed by atoms with van der Waals surface area (Å²) in [5.41, 5.74) is 2.51. The fourth-order valence-corrected chi connectivity index (χ4v) is 9.25. The van der Waals surface area contributed by atoms with Crippen LogP contribution in [0.1, 0.15) is 70.3 Å². The highest BCUT2D eigenvalue weighted by Crippen LogP contribution is 2.70. The first-order valence-electron chi connectivity index (χ1n) is 14.0. The summed E-state index contributed by atoms with van der Waals surface area (Å²) in [7, 11) is 0. The molecule has 37 heavy (non-hydrogen) atoms. The van der Waals surface area contributed by atoms with Crippen molar-refractivity contribution in [3.8, 4) is 0 Å². The molecule has 7 heteroatoms. The van der Waals surface area contributed by atoms with Crippen LogP contribution in [-0.4, -0.2) is 51.4 Å². The molecule has 0 saturated heterocycles. The summed E-state index contributed by atoms with van der Waals surface area (Å²) < 4.78 is 5.24. The van der Waals surface area contributed by atoms with Crippen LogP contribution in [0.15, 0.2) is 47.1 Å². The molecule has 0 radical (unpaired) electrons. The molecule has 5 aliphatic rings. The van der Waals surface area contributed by atoms with Gasteiger partial charge in [0.25, 0.3) is 0 Å². The van der Waals surface area contributed by atoms with Crippen molar-refractivity contribution in [2.45, 2.75) is 88.6 Å². The van der Waals surface area contributed by atoms with Crippen molar-refractivity contribution in [2.75, 3.05) is 6.61 Å². The number of hydrogen-bond acceptors (Lipinski definition) is 7. The minimum absolute atomic E-state index is 0.0333. The molecule has 1 aromatic rings. The van der Waals surface area contributed by atoms with E-state index in [2.05, 4.69) is 29.6 Å². The standard InChI is InChI=1S/C30H40N2O5/c1-27-11-8-24-25(30(27,36)14-10-23(27)21-15-26(34)37-18-21)9-13-29(35)16-22(33)7-12-28(24,29)19-32-31-17-20-5-3-2-4-6-20/h2-6,15,19,22-25,31,33,35-36H,7-14,16-18H2,1H3/b32-19+/t22?,23?,24?,25?,27-,28+,29?,30?/m1/s1. The van der Waals surface area contributed by atoms with E-state index in [1.165, 1.54) is 0 Å². The number of nitrogens with zero attached hydrogens (tertiary/aromatic N) is 1. The summed E-state index contributed by atoms with van der Waals surface area (Å²) >= 11 is 0. The highest BCUT2D eigenvalue weighted by molar-refractivity contribution is 5.85. The van der Waals surface area contributed by atoms with Crippen LogP contribution < -0.4 is 5.43 Å². The number of carbonyl (C=O) groups is 1. The number of fused-ring (bicyclic) bond motifs is 5. The van der Waals surface area contributed by atoms with Gasteiger partial charge in [0.05, 0.1) is 23.9 Å². The van der Waals surface area contributed by atoms with Crippen LogP contribution in [0.3, 0.4) is 0 Å². The van der Waals surface area contributed by atoms with Gasteiger partial charge in [0.15, 0.2) is 0 Å². The van der Waals surface area contributed by atoms with E-state index in [9.17, 15) is 20.1 Å². The molecule has 8 atom stereocenters. The Bertz CT molecular complexity index is 1110.